The molecule has 1 saturated heterocycles. The first-order valence-electron chi connectivity index (χ1n) is 6.60. The number of aliphatic carboxylic acids is 1. The third-order valence-corrected chi connectivity index (χ3v) is 4.37. The van der Waals surface area contributed by atoms with E-state index in [4.69, 9.17) is 9.84 Å². The number of ether oxygens (including phenoxy) is 1. The van der Waals surface area contributed by atoms with Crippen LogP contribution in [0.2, 0.25) is 0 Å². The fourth-order valence-corrected chi connectivity index (χ4v) is 2.95. The van der Waals surface area contributed by atoms with Gasteiger partial charge in [0.2, 0.25) is 5.91 Å². The fraction of sp³-hybridized carbons (Fsp3) is 0.846. The highest BCUT2D eigenvalue weighted by Crippen LogP contribution is 2.46. The second-order valence-electron chi connectivity index (χ2n) is 5.45. The van der Waals surface area contributed by atoms with Crippen LogP contribution in [0, 0.1) is 11.3 Å². The largest absolute Gasteiger partial charge is 0.481 e. The summed E-state index contributed by atoms with van der Waals surface area (Å²) in [5.41, 5.74) is -0.261. The van der Waals surface area contributed by atoms with Crippen LogP contribution in [0.25, 0.3) is 0 Å². The van der Waals surface area contributed by atoms with Gasteiger partial charge in [-0.2, -0.15) is 0 Å². The van der Waals surface area contributed by atoms with Crippen LogP contribution in [-0.2, 0) is 14.3 Å². The van der Waals surface area contributed by atoms with Crippen LogP contribution in [-0.4, -0.2) is 48.7 Å². The number of carboxylic acids is 1. The van der Waals surface area contributed by atoms with Crippen LogP contribution in [0.15, 0.2) is 0 Å². The Hall–Kier alpha value is -1.10. The molecule has 0 aromatic heterocycles. The number of methoxy groups -OCH3 is 1. The Balaban J connectivity index is 1.96. The van der Waals surface area contributed by atoms with E-state index in [0.29, 0.717) is 26.1 Å². The molecular formula is C13H21NO4. The van der Waals surface area contributed by atoms with Gasteiger partial charge in [-0.05, 0) is 25.7 Å². The van der Waals surface area contributed by atoms with Gasteiger partial charge in [0, 0.05) is 26.8 Å². The molecule has 0 bridgehead atoms. The minimum Gasteiger partial charge on any atom is -0.481 e. The van der Waals surface area contributed by atoms with E-state index in [-0.39, 0.29) is 17.2 Å². The first-order chi connectivity index (χ1) is 8.59. The molecule has 1 atom stereocenters. The van der Waals surface area contributed by atoms with Gasteiger partial charge in [0.25, 0.3) is 0 Å². The zero-order valence-electron chi connectivity index (χ0n) is 10.9. The Kier molecular flexibility index (Phi) is 3.90. The van der Waals surface area contributed by atoms with Crippen molar-refractivity contribution in [1.29, 1.82) is 0 Å². The maximum absolute atomic E-state index is 12.5. The number of likely N-dealkylation sites (tertiary alicyclic amines) is 1. The topological polar surface area (TPSA) is 66.8 Å². The van der Waals surface area contributed by atoms with Crippen molar-refractivity contribution in [2.75, 3.05) is 26.8 Å². The molecule has 1 heterocycles. The molecule has 2 aliphatic rings. The zero-order valence-corrected chi connectivity index (χ0v) is 10.9. The number of carboxylic acid groups (broad SMARTS) is 1. The Labute approximate surface area is 107 Å². The van der Waals surface area contributed by atoms with Gasteiger partial charge in [0.15, 0.2) is 0 Å². The minimum atomic E-state index is -0.787. The molecule has 0 unspecified atom stereocenters. The van der Waals surface area contributed by atoms with Crippen molar-refractivity contribution in [2.45, 2.75) is 32.1 Å². The molecule has 1 N–H and O–H groups in total. The molecule has 2 rings (SSSR count). The Morgan fingerprint density at radius 2 is 2.17 bits per heavy atom. The number of carbonyl (C=O) groups excluding carboxylic acids is 1. The Bertz CT molecular complexity index is 338. The highest BCUT2D eigenvalue weighted by molar-refractivity contribution is 5.85. The molecule has 1 amide bonds. The highest BCUT2D eigenvalue weighted by Gasteiger charge is 2.47. The number of rotatable bonds is 5. The standard InChI is InChI=1S/C13H21NO4/c1-18-8-6-13(4-2-5-13)12(17)14-7-3-10(9-14)11(15)16/h10H,2-9H2,1H3,(H,15,16)/t10-/m0/s1. The molecule has 0 aromatic rings. The quantitative estimate of drug-likeness (QED) is 0.799. The monoisotopic (exact) mass is 255 g/mol. The third kappa shape index (κ3) is 2.36. The van der Waals surface area contributed by atoms with Crippen LogP contribution < -0.4 is 0 Å². The van der Waals surface area contributed by atoms with Crippen molar-refractivity contribution in [3.8, 4) is 0 Å². The minimum absolute atomic E-state index is 0.148. The maximum Gasteiger partial charge on any atom is 0.308 e. The van der Waals surface area contributed by atoms with E-state index in [1.54, 1.807) is 12.0 Å². The molecule has 18 heavy (non-hydrogen) atoms. The summed E-state index contributed by atoms with van der Waals surface area (Å²) in [7, 11) is 1.65. The summed E-state index contributed by atoms with van der Waals surface area (Å²) in [4.78, 5) is 25.2. The Morgan fingerprint density at radius 3 is 2.61 bits per heavy atom. The SMILES string of the molecule is COCCC1(C(=O)N2CC[C@H](C(=O)O)C2)CCC1. The lowest BCUT2D eigenvalue weighted by molar-refractivity contribution is -0.148. The molecule has 5 nitrogen and oxygen atoms in total. The van der Waals surface area contributed by atoms with Crippen molar-refractivity contribution in [1.82, 2.24) is 4.90 Å². The predicted molar refractivity (Wildman–Crippen MR) is 65.1 cm³/mol. The molecular weight excluding hydrogens is 234 g/mol. The molecule has 2 fully saturated rings. The van der Waals surface area contributed by atoms with Gasteiger partial charge < -0.3 is 14.7 Å². The van der Waals surface area contributed by atoms with Crippen molar-refractivity contribution in [3.05, 3.63) is 0 Å². The second-order valence-corrected chi connectivity index (χ2v) is 5.45. The molecule has 1 saturated carbocycles. The molecule has 102 valence electrons. The number of amides is 1. The summed E-state index contributed by atoms with van der Waals surface area (Å²) in [6, 6.07) is 0. The van der Waals surface area contributed by atoms with Crippen molar-refractivity contribution in [2.24, 2.45) is 11.3 Å². The first-order valence-corrected chi connectivity index (χ1v) is 6.60. The lowest BCUT2D eigenvalue weighted by Gasteiger charge is -2.42. The van der Waals surface area contributed by atoms with Crippen LogP contribution in [0.3, 0.4) is 0 Å². The molecule has 1 aliphatic heterocycles. The van der Waals surface area contributed by atoms with Crippen molar-refractivity contribution in [3.63, 3.8) is 0 Å². The van der Waals surface area contributed by atoms with Gasteiger partial charge in [-0.3, -0.25) is 9.59 Å². The van der Waals surface area contributed by atoms with Crippen LogP contribution >= 0.6 is 0 Å². The number of hydrogen-bond acceptors (Lipinski definition) is 3. The Morgan fingerprint density at radius 1 is 1.44 bits per heavy atom. The third-order valence-electron chi connectivity index (χ3n) is 4.37. The summed E-state index contributed by atoms with van der Waals surface area (Å²) in [6.07, 6.45) is 4.27. The summed E-state index contributed by atoms with van der Waals surface area (Å²) in [5, 5.41) is 8.97. The van der Waals surface area contributed by atoms with E-state index >= 15 is 0 Å². The lowest BCUT2D eigenvalue weighted by atomic mass is 9.66. The molecule has 1 aliphatic carbocycles. The summed E-state index contributed by atoms with van der Waals surface area (Å²) in [5.74, 6) is -1.02. The molecule has 0 radical (unpaired) electrons. The van der Waals surface area contributed by atoms with Crippen LogP contribution in [0.5, 0.6) is 0 Å². The van der Waals surface area contributed by atoms with Crippen molar-refractivity contribution >= 4 is 11.9 Å². The van der Waals surface area contributed by atoms with Crippen LogP contribution in [0.1, 0.15) is 32.1 Å². The van der Waals surface area contributed by atoms with Gasteiger partial charge in [-0.15, -0.1) is 0 Å². The number of nitrogens with zero attached hydrogens (tertiary/aromatic N) is 1. The van der Waals surface area contributed by atoms with E-state index in [1.165, 1.54) is 0 Å². The zero-order chi connectivity index (χ0) is 13.2. The fourth-order valence-electron chi connectivity index (χ4n) is 2.95. The molecule has 0 aromatic carbocycles. The number of hydrogen-bond donors (Lipinski definition) is 1. The van der Waals surface area contributed by atoms with E-state index in [1.807, 2.05) is 0 Å². The summed E-state index contributed by atoms with van der Waals surface area (Å²) < 4.78 is 5.08. The first kappa shape index (κ1) is 13.3. The normalized spacial score (nSPS) is 25.8. The summed E-state index contributed by atoms with van der Waals surface area (Å²) >= 11 is 0. The summed E-state index contributed by atoms with van der Waals surface area (Å²) in [6.45, 7) is 1.56. The second kappa shape index (κ2) is 5.26. The van der Waals surface area contributed by atoms with Crippen LogP contribution in [0.4, 0.5) is 0 Å². The van der Waals surface area contributed by atoms with Gasteiger partial charge in [-0.25, -0.2) is 0 Å². The average Bonchev–Trinajstić information content (AvgIpc) is 2.76. The average molecular weight is 255 g/mol. The van der Waals surface area contributed by atoms with E-state index in [0.717, 1.165) is 25.7 Å². The van der Waals surface area contributed by atoms with E-state index < -0.39 is 5.97 Å². The lowest BCUT2D eigenvalue weighted by Crippen LogP contribution is -2.47. The van der Waals surface area contributed by atoms with Gasteiger partial charge >= 0.3 is 5.97 Å². The smallest absolute Gasteiger partial charge is 0.308 e. The van der Waals surface area contributed by atoms with Gasteiger partial charge in [0.1, 0.15) is 0 Å². The van der Waals surface area contributed by atoms with Crippen molar-refractivity contribution < 1.29 is 19.4 Å². The van der Waals surface area contributed by atoms with Gasteiger partial charge in [0.05, 0.1) is 11.3 Å². The number of carbonyl (C=O) groups is 2. The van der Waals surface area contributed by atoms with E-state index in [9.17, 15) is 9.59 Å². The molecule has 0 spiro atoms. The van der Waals surface area contributed by atoms with Gasteiger partial charge in [-0.1, -0.05) is 6.42 Å². The van der Waals surface area contributed by atoms with E-state index in [2.05, 4.69) is 0 Å². The predicted octanol–water partition coefficient (Wildman–Crippen LogP) is 1.13. The highest BCUT2D eigenvalue weighted by atomic mass is 16.5. The maximum atomic E-state index is 12.5. The molecule has 5 heteroatoms.